The van der Waals surface area contributed by atoms with Crippen LogP contribution in [0.1, 0.15) is 33.1 Å². The third kappa shape index (κ3) is 2.01. The van der Waals surface area contributed by atoms with Crippen molar-refractivity contribution in [1.82, 2.24) is 0 Å². The first-order valence-electron chi connectivity index (χ1n) is 3.35. The van der Waals surface area contributed by atoms with Crippen molar-refractivity contribution in [2.75, 3.05) is 0 Å². The summed E-state index contributed by atoms with van der Waals surface area (Å²) in [6.45, 7) is 7.83. The predicted octanol–water partition coefficient (Wildman–Crippen LogP) is 2.20. The largest absolute Gasteiger partial charge is 0.465 e. The highest BCUT2D eigenvalue weighted by molar-refractivity contribution is 7.67. The first-order valence-corrected chi connectivity index (χ1v) is 4.09. The van der Waals surface area contributed by atoms with Gasteiger partial charge in [-0.2, -0.15) is 0 Å². The summed E-state index contributed by atoms with van der Waals surface area (Å²) in [4.78, 5) is 0. The van der Waals surface area contributed by atoms with Crippen molar-refractivity contribution in [2.24, 2.45) is 0 Å². The number of rotatable bonds is 4. The van der Waals surface area contributed by atoms with Crippen molar-refractivity contribution < 1.29 is 4.21 Å². The lowest BCUT2D eigenvalue weighted by Gasteiger charge is -2.07. The summed E-state index contributed by atoms with van der Waals surface area (Å²) in [6, 6.07) is 0. The summed E-state index contributed by atoms with van der Waals surface area (Å²) in [5, 5.41) is 0. The molecule has 1 radical (unpaired) electrons. The molecule has 0 aliphatic heterocycles. The molecule has 0 spiro atoms. The van der Waals surface area contributed by atoms with E-state index in [2.05, 4.69) is 6.92 Å². The fraction of sp³-hybridized carbons (Fsp3) is 0.857. The molecule has 0 amide bonds. The molecule has 0 aromatic rings. The van der Waals surface area contributed by atoms with Gasteiger partial charge in [-0.25, -0.2) is 0 Å². The molecule has 0 fully saturated rings. The normalized spacial score (nSPS) is 11.4. The lowest BCUT2D eigenvalue weighted by atomic mass is 9.99. The fourth-order valence-electron chi connectivity index (χ4n) is 0.763. The van der Waals surface area contributed by atoms with E-state index in [9.17, 15) is 4.21 Å². The Morgan fingerprint density at radius 3 is 1.89 bits per heavy atom. The Morgan fingerprint density at radius 2 is 1.89 bits per heavy atom. The van der Waals surface area contributed by atoms with E-state index in [0.717, 1.165) is 19.3 Å². The highest BCUT2D eigenvalue weighted by Crippen LogP contribution is 2.21. The van der Waals surface area contributed by atoms with Crippen molar-refractivity contribution in [3.63, 3.8) is 0 Å². The van der Waals surface area contributed by atoms with Gasteiger partial charge in [0, 0.05) is 23.5 Å². The minimum Gasteiger partial charge on any atom is -0.0595 e. The van der Waals surface area contributed by atoms with Crippen LogP contribution in [0.3, 0.4) is 0 Å². The molecule has 0 saturated heterocycles. The van der Waals surface area contributed by atoms with E-state index in [1.54, 1.807) is 0 Å². The summed E-state index contributed by atoms with van der Waals surface area (Å²) in [5.74, 6) is 0. The second-order valence-corrected chi connectivity index (χ2v) is 3.26. The van der Waals surface area contributed by atoms with Crippen molar-refractivity contribution in [2.45, 2.75) is 37.9 Å². The summed E-state index contributed by atoms with van der Waals surface area (Å²) in [5.41, 5.74) is 0. The van der Waals surface area contributed by atoms with Gasteiger partial charge in [0.15, 0.2) is 0 Å². The van der Waals surface area contributed by atoms with Gasteiger partial charge in [-0.15, -0.1) is 0 Å². The Hall–Kier alpha value is 0.0200. The summed E-state index contributed by atoms with van der Waals surface area (Å²) >= 11 is 0.705. The van der Waals surface area contributed by atoms with Crippen LogP contribution in [0.25, 0.3) is 0 Å². The quantitative estimate of drug-likeness (QED) is 0.556. The molecule has 0 bridgehead atoms. The molecular weight excluding hydrogens is 132 g/mol. The van der Waals surface area contributed by atoms with Gasteiger partial charge < -0.3 is 0 Å². The first kappa shape index (κ1) is 9.02. The second kappa shape index (κ2) is 3.94. The monoisotopic (exact) mass is 146 g/mol. The average Bonchev–Trinajstić information content (AvgIpc) is 1.95. The molecule has 0 aliphatic rings. The molecule has 53 valence electrons. The highest BCUT2D eigenvalue weighted by atomic mass is 32.1. The maximum absolute atomic E-state index is 10.5. The zero-order chi connectivity index (χ0) is 7.33. The van der Waals surface area contributed by atoms with Crippen LogP contribution in [0.5, 0.6) is 0 Å². The number of hydrogen-bond donors (Lipinski definition) is 0. The SMILES string of the molecule is [CH2]CC(CC)(CC)[S+]=O. The van der Waals surface area contributed by atoms with Crippen LogP contribution in [-0.4, -0.2) is 4.75 Å². The first-order chi connectivity index (χ1) is 4.24. The maximum atomic E-state index is 10.5. The van der Waals surface area contributed by atoms with Crippen LogP contribution < -0.4 is 0 Å². The van der Waals surface area contributed by atoms with Crippen molar-refractivity contribution in [1.29, 1.82) is 0 Å². The van der Waals surface area contributed by atoms with E-state index in [4.69, 9.17) is 0 Å². The molecular formula is C7H14OS+. The highest BCUT2D eigenvalue weighted by Gasteiger charge is 2.38. The molecule has 1 nitrogen and oxygen atoms in total. The summed E-state index contributed by atoms with van der Waals surface area (Å²) in [7, 11) is 0. The molecule has 0 saturated carbocycles. The van der Waals surface area contributed by atoms with Crippen LogP contribution in [0.4, 0.5) is 0 Å². The molecule has 0 aromatic heterocycles. The van der Waals surface area contributed by atoms with Gasteiger partial charge in [-0.05, 0) is 6.92 Å². The van der Waals surface area contributed by atoms with Crippen LogP contribution in [0, 0.1) is 6.92 Å². The van der Waals surface area contributed by atoms with E-state index in [1.807, 2.05) is 13.8 Å². The molecule has 0 heterocycles. The molecule has 2 heteroatoms. The zero-order valence-electron chi connectivity index (χ0n) is 6.14. The van der Waals surface area contributed by atoms with Crippen molar-refractivity contribution >= 4 is 11.7 Å². The lowest BCUT2D eigenvalue weighted by Crippen LogP contribution is -2.24. The van der Waals surface area contributed by atoms with E-state index in [-0.39, 0.29) is 4.75 Å². The topological polar surface area (TPSA) is 17.1 Å². The molecule has 0 atom stereocenters. The molecule has 0 unspecified atom stereocenters. The van der Waals surface area contributed by atoms with Gasteiger partial charge in [0.2, 0.25) is 4.75 Å². The Morgan fingerprint density at radius 1 is 1.44 bits per heavy atom. The van der Waals surface area contributed by atoms with Gasteiger partial charge in [0.05, 0.1) is 0 Å². The van der Waals surface area contributed by atoms with Gasteiger partial charge in [-0.1, -0.05) is 13.8 Å². The van der Waals surface area contributed by atoms with E-state index < -0.39 is 0 Å². The Labute approximate surface area is 61.3 Å². The zero-order valence-corrected chi connectivity index (χ0v) is 6.96. The molecule has 0 aromatic carbocycles. The van der Waals surface area contributed by atoms with Crippen molar-refractivity contribution in [3.8, 4) is 0 Å². The van der Waals surface area contributed by atoms with Crippen LogP contribution in [0.2, 0.25) is 0 Å². The van der Waals surface area contributed by atoms with Crippen LogP contribution in [-0.2, 0) is 15.9 Å². The van der Waals surface area contributed by atoms with Gasteiger partial charge in [0.25, 0.3) is 0 Å². The number of hydrogen-bond acceptors (Lipinski definition) is 1. The minimum absolute atomic E-state index is 0.0833. The third-order valence-electron chi connectivity index (χ3n) is 1.92. The van der Waals surface area contributed by atoms with Gasteiger partial charge >= 0.3 is 11.7 Å². The molecule has 0 N–H and O–H groups in total. The fourth-order valence-corrected chi connectivity index (χ4v) is 1.08. The Balaban J connectivity index is 3.98. The van der Waals surface area contributed by atoms with E-state index in [1.165, 1.54) is 0 Å². The lowest BCUT2D eigenvalue weighted by molar-refractivity contribution is 0.515. The molecule has 0 aliphatic carbocycles. The van der Waals surface area contributed by atoms with E-state index >= 15 is 0 Å². The average molecular weight is 146 g/mol. The minimum atomic E-state index is -0.0833. The van der Waals surface area contributed by atoms with Gasteiger partial charge in [0.1, 0.15) is 0 Å². The molecule has 0 rings (SSSR count). The third-order valence-corrected chi connectivity index (χ3v) is 3.06. The van der Waals surface area contributed by atoms with Crippen LogP contribution >= 0.6 is 0 Å². The predicted molar refractivity (Wildman–Crippen MR) is 41.3 cm³/mol. The second-order valence-electron chi connectivity index (χ2n) is 2.22. The van der Waals surface area contributed by atoms with Crippen LogP contribution in [0.15, 0.2) is 0 Å². The summed E-state index contributed by atoms with van der Waals surface area (Å²) in [6.07, 6.45) is 2.61. The van der Waals surface area contributed by atoms with Gasteiger partial charge in [-0.3, -0.25) is 0 Å². The van der Waals surface area contributed by atoms with Crippen molar-refractivity contribution in [3.05, 3.63) is 6.92 Å². The Bertz CT molecular complexity index is 78.7. The molecule has 9 heavy (non-hydrogen) atoms. The maximum Gasteiger partial charge on any atom is 0.465 e. The van der Waals surface area contributed by atoms with E-state index in [0.29, 0.717) is 11.7 Å². The summed E-state index contributed by atoms with van der Waals surface area (Å²) < 4.78 is 10.4. The smallest absolute Gasteiger partial charge is 0.0595 e. The Kier molecular flexibility index (Phi) is 3.95. The standard InChI is InChI=1S/C7H14OS/c1-4-7(5-2,6-3)9-8/h1,4-6H2,2-3H3/q+1.